The highest BCUT2D eigenvalue weighted by Crippen LogP contribution is 2.44. The predicted molar refractivity (Wildman–Crippen MR) is 128 cm³/mol. The molecule has 0 saturated heterocycles. The normalized spacial score (nSPS) is 19.4. The van der Waals surface area contributed by atoms with E-state index in [0.29, 0.717) is 32.2 Å². The molecule has 1 unspecified atom stereocenters. The van der Waals surface area contributed by atoms with Gasteiger partial charge in [0.15, 0.2) is 0 Å². The first-order valence-electron chi connectivity index (χ1n) is 11.9. The predicted octanol–water partition coefficient (Wildman–Crippen LogP) is 4.26. The molecule has 2 aromatic rings. The third kappa shape index (κ3) is 5.08. The topological polar surface area (TPSA) is 95.9 Å². The number of benzene rings is 2. The molecule has 0 heterocycles. The summed E-state index contributed by atoms with van der Waals surface area (Å²) < 4.78 is 5.56. The number of carbonyl (C=O) groups is 3. The highest BCUT2D eigenvalue weighted by Gasteiger charge is 2.38. The number of carboxylic acids is 1. The van der Waals surface area contributed by atoms with E-state index in [0.717, 1.165) is 0 Å². The average molecular weight is 465 g/mol. The van der Waals surface area contributed by atoms with Crippen LogP contribution in [-0.4, -0.2) is 54.2 Å². The zero-order valence-electron chi connectivity index (χ0n) is 19.7. The Bertz CT molecular complexity index is 1020. The smallest absolute Gasteiger partial charge is 0.407 e. The third-order valence-corrected chi connectivity index (χ3v) is 7.19. The zero-order valence-corrected chi connectivity index (χ0v) is 19.7. The number of hydrogen-bond acceptors (Lipinski definition) is 4. The standard InChI is InChI=1S/C27H32N2O5/c1-17(11-12-25(30)29(2)19-13-18(14-19)26(31)32)15-28-27(33)34-16-24-22-9-5-3-7-20(22)21-8-4-6-10-23(21)24/h3-10,17-19,24H,11-16H2,1-2H3,(H,28,33)(H,31,32). The maximum Gasteiger partial charge on any atom is 0.407 e. The van der Waals surface area contributed by atoms with Crippen LogP contribution < -0.4 is 5.32 Å². The minimum Gasteiger partial charge on any atom is -0.481 e. The maximum atomic E-state index is 12.4. The molecule has 4 rings (SSSR count). The number of carbonyl (C=O) groups excluding carboxylic acids is 2. The van der Waals surface area contributed by atoms with Crippen LogP contribution in [0.15, 0.2) is 48.5 Å². The van der Waals surface area contributed by atoms with Crippen molar-refractivity contribution >= 4 is 18.0 Å². The Balaban J connectivity index is 1.18. The number of hydrogen-bond donors (Lipinski definition) is 2. The van der Waals surface area contributed by atoms with Gasteiger partial charge in [0.2, 0.25) is 5.91 Å². The van der Waals surface area contributed by atoms with Gasteiger partial charge in [0.1, 0.15) is 6.61 Å². The van der Waals surface area contributed by atoms with E-state index in [-0.39, 0.29) is 36.3 Å². The van der Waals surface area contributed by atoms with Gasteiger partial charge in [0, 0.05) is 32.0 Å². The molecule has 1 atom stereocenters. The number of aliphatic carboxylic acids is 1. The Morgan fingerprint density at radius 3 is 2.24 bits per heavy atom. The lowest BCUT2D eigenvalue weighted by molar-refractivity contribution is -0.150. The molecule has 2 amide bonds. The summed E-state index contributed by atoms with van der Waals surface area (Å²) in [7, 11) is 1.74. The van der Waals surface area contributed by atoms with E-state index in [1.54, 1.807) is 11.9 Å². The Labute approximate surface area is 200 Å². The first-order valence-corrected chi connectivity index (χ1v) is 11.9. The van der Waals surface area contributed by atoms with Crippen LogP contribution in [-0.2, 0) is 14.3 Å². The molecular weight excluding hydrogens is 432 g/mol. The van der Waals surface area contributed by atoms with Crippen molar-refractivity contribution < 1.29 is 24.2 Å². The van der Waals surface area contributed by atoms with Crippen molar-refractivity contribution in [3.05, 3.63) is 59.7 Å². The summed E-state index contributed by atoms with van der Waals surface area (Å²) in [6.07, 6.45) is 1.61. The molecule has 2 aromatic carbocycles. The van der Waals surface area contributed by atoms with Crippen molar-refractivity contribution in [1.29, 1.82) is 0 Å². The van der Waals surface area contributed by atoms with Crippen LogP contribution in [0.4, 0.5) is 4.79 Å². The second-order valence-corrected chi connectivity index (χ2v) is 9.52. The number of rotatable bonds is 9. The number of fused-ring (bicyclic) bond motifs is 3. The number of carboxylic acid groups (broad SMARTS) is 1. The molecule has 0 aromatic heterocycles. The molecule has 7 nitrogen and oxygen atoms in total. The van der Waals surface area contributed by atoms with Crippen LogP contribution >= 0.6 is 0 Å². The first kappa shape index (κ1) is 23.8. The summed E-state index contributed by atoms with van der Waals surface area (Å²) in [6.45, 7) is 2.69. The first-order chi connectivity index (χ1) is 16.3. The third-order valence-electron chi connectivity index (χ3n) is 7.19. The maximum absolute atomic E-state index is 12.4. The van der Waals surface area contributed by atoms with E-state index in [1.165, 1.54) is 22.3 Å². The largest absolute Gasteiger partial charge is 0.481 e. The molecule has 2 N–H and O–H groups in total. The fraction of sp³-hybridized carbons (Fsp3) is 0.444. The van der Waals surface area contributed by atoms with Crippen molar-refractivity contribution in [2.24, 2.45) is 11.8 Å². The summed E-state index contributed by atoms with van der Waals surface area (Å²) in [5.41, 5.74) is 4.73. The van der Waals surface area contributed by atoms with E-state index in [1.807, 2.05) is 31.2 Å². The van der Waals surface area contributed by atoms with Gasteiger partial charge in [0.05, 0.1) is 5.92 Å². The van der Waals surface area contributed by atoms with Gasteiger partial charge < -0.3 is 20.1 Å². The summed E-state index contributed by atoms with van der Waals surface area (Å²) in [6, 6.07) is 16.5. The Hall–Kier alpha value is -3.35. The lowest BCUT2D eigenvalue weighted by Crippen LogP contribution is -2.47. The van der Waals surface area contributed by atoms with E-state index in [9.17, 15) is 14.4 Å². The summed E-state index contributed by atoms with van der Waals surface area (Å²) in [4.78, 5) is 37.4. The lowest BCUT2D eigenvalue weighted by Gasteiger charge is -2.39. The molecule has 0 aliphatic heterocycles. The van der Waals surface area contributed by atoms with Gasteiger partial charge in [-0.2, -0.15) is 0 Å². The highest BCUT2D eigenvalue weighted by atomic mass is 16.5. The SMILES string of the molecule is CC(CCC(=O)N(C)C1CC(C(=O)O)C1)CNC(=O)OCC1c2ccccc2-c2ccccc21. The number of amides is 2. The molecule has 180 valence electrons. The number of ether oxygens (including phenoxy) is 1. The molecule has 1 saturated carbocycles. The van der Waals surface area contributed by atoms with E-state index in [4.69, 9.17) is 9.84 Å². The molecule has 0 bridgehead atoms. The minimum absolute atomic E-state index is 0.0156. The van der Waals surface area contributed by atoms with Crippen LogP contribution in [0.3, 0.4) is 0 Å². The van der Waals surface area contributed by atoms with Crippen LogP contribution in [0.1, 0.15) is 49.7 Å². The van der Waals surface area contributed by atoms with Gasteiger partial charge in [-0.25, -0.2) is 4.79 Å². The van der Waals surface area contributed by atoms with Gasteiger partial charge >= 0.3 is 12.1 Å². The molecular formula is C27H32N2O5. The zero-order chi connectivity index (χ0) is 24.2. The van der Waals surface area contributed by atoms with E-state index < -0.39 is 12.1 Å². The second kappa shape index (κ2) is 10.3. The van der Waals surface area contributed by atoms with Gasteiger partial charge in [-0.15, -0.1) is 0 Å². The monoisotopic (exact) mass is 464 g/mol. The lowest BCUT2D eigenvalue weighted by atomic mass is 9.79. The highest BCUT2D eigenvalue weighted by molar-refractivity contribution is 5.79. The quantitative estimate of drug-likeness (QED) is 0.578. The van der Waals surface area contributed by atoms with E-state index in [2.05, 4.69) is 29.6 Å². The van der Waals surface area contributed by atoms with Crippen LogP contribution in [0.2, 0.25) is 0 Å². The Morgan fingerprint density at radius 2 is 1.65 bits per heavy atom. The second-order valence-electron chi connectivity index (χ2n) is 9.52. The molecule has 0 radical (unpaired) electrons. The molecule has 1 fully saturated rings. The van der Waals surface area contributed by atoms with Crippen LogP contribution in [0.25, 0.3) is 11.1 Å². The van der Waals surface area contributed by atoms with Crippen molar-refractivity contribution in [1.82, 2.24) is 10.2 Å². The molecule has 2 aliphatic rings. The van der Waals surface area contributed by atoms with Gasteiger partial charge in [-0.1, -0.05) is 55.5 Å². The summed E-state index contributed by atoms with van der Waals surface area (Å²) in [5.74, 6) is -0.964. The van der Waals surface area contributed by atoms with Crippen LogP contribution in [0, 0.1) is 11.8 Å². The van der Waals surface area contributed by atoms with Crippen molar-refractivity contribution in [2.75, 3.05) is 20.2 Å². The molecule has 0 spiro atoms. The fourth-order valence-electron chi connectivity index (χ4n) is 4.86. The molecule has 7 heteroatoms. The van der Waals surface area contributed by atoms with Crippen LogP contribution in [0.5, 0.6) is 0 Å². The van der Waals surface area contributed by atoms with Gasteiger partial charge in [-0.05, 0) is 47.4 Å². The van der Waals surface area contributed by atoms with Crippen molar-refractivity contribution in [2.45, 2.75) is 44.6 Å². The molecule has 34 heavy (non-hydrogen) atoms. The molecule has 2 aliphatic carbocycles. The number of nitrogens with one attached hydrogen (secondary N) is 1. The van der Waals surface area contributed by atoms with Crippen molar-refractivity contribution in [3.63, 3.8) is 0 Å². The van der Waals surface area contributed by atoms with Gasteiger partial charge in [0.25, 0.3) is 0 Å². The Morgan fingerprint density at radius 1 is 1.06 bits per heavy atom. The summed E-state index contributed by atoms with van der Waals surface area (Å²) in [5, 5.41) is 11.8. The van der Waals surface area contributed by atoms with Gasteiger partial charge in [-0.3, -0.25) is 9.59 Å². The fourth-order valence-corrected chi connectivity index (χ4v) is 4.86. The van der Waals surface area contributed by atoms with Crippen molar-refractivity contribution in [3.8, 4) is 11.1 Å². The average Bonchev–Trinajstić information content (AvgIpc) is 3.12. The minimum atomic E-state index is -0.787. The number of alkyl carbamates (subject to hydrolysis) is 1. The van der Waals surface area contributed by atoms with E-state index >= 15 is 0 Å². The number of nitrogens with zero attached hydrogens (tertiary/aromatic N) is 1. The Kier molecular flexibility index (Phi) is 7.20. The summed E-state index contributed by atoms with van der Waals surface area (Å²) >= 11 is 0.